The van der Waals surface area contributed by atoms with Crippen LogP contribution in [0.5, 0.6) is 0 Å². The van der Waals surface area contributed by atoms with Gasteiger partial charge in [0.05, 0.1) is 17.7 Å². The van der Waals surface area contributed by atoms with Crippen LogP contribution >= 0.6 is 0 Å². The molecule has 136 valence electrons. The maximum absolute atomic E-state index is 12.1. The molecule has 1 aliphatic rings. The number of amides is 2. The molecule has 1 aromatic rings. The summed E-state index contributed by atoms with van der Waals surface area (Å²) < 4.78 is 5.14. The molecule has 6 heteroatoms. The van der Waals surface area contributed by atoms with E-state index in [9.17, 15) is 14.4 Å². The minimum atomic E-state index is -1.02. The number of fused-ring (bicyclic) bond motifs is 1. The molecule has 0 bridgehead atoms. The van der Waals surface area contributed by atoms with Crippen LogP contribution in [0.3, 0.4) is 0 Å². The molecule has 0 saturated carbocycles. The molecule has 1 heterocycles. The van der Waals surface area contributed by atoms with Crippen molar-refractivity contribution in [3.05, 3.63) is 35.4 Å². The SMILES string of the molecule is CCCCCC(CCC)COC(=O)ON1C(=O)c2ccccc2C1=O. The molecule has 0 saturated heterocycles. The van der Waals surface area contributed by atoms with Gasteiger partial charge in [-0.2, -0.15) is 0 Å². The molecule has 1 aromatic carbocycles. The fourth-order valence-electron chi connectivity index (χ4n) is 2.94. The second-order valence-electron chi connectivity index (χ2n) is 6.25. The van der Waals surface area contributed by atoms with Crippen LogP contribution in [0.1, 0.15) is 73.1 Å². The lowest BCUT2D eigenvalue weighted by atomic mass is 9.97. The Balaban J connectivity index is 1.86. The fourth-order valence-corrected chi connectivity index (χ4v) is 2.94. The van der Waals surface area contributed by atoms with E-state index in [1.807, 2.05) is 0 Å². The summed E-state index contributed by atoms with van der Waals surface area (Å²) in [5, 5.41) is 0.471. The standard InChI is InChI=1S/C19H25NO5/c1-3-5-6-10-14(9-4-2)13-24-19(23)25-20-17(21)15-11-7-8-12-16(15)18(20)22/h7-8,11-12,14H,3-6,9-10,13H2,1-2H3. The summed E-state index contributed by atoms with van der Waals surface area (Å²) >= 11 is 0. The van der Waals surface area contributed by atoms with Gasteiger partial charge in [-0.15, -0.1) is 0 Å². The van der Waals surface area contributed by atoms with Crippen LogP contribution in [0, 0.1) is 5.92 Å². The van der Waals surface area contributed by atoms with Gasteiger partial charge in [0, 0.05) is 0 Å². The first kappa shape index (κ1) is 19.0. The number of hydroxylamine groups is 2. The third-order valence-electron chi connectivity index (χ3n) is 4.27. The van der Waals surface area contributed by atoms with Gasteiger partial charge in [-0.1, -0.05) is 56.7 Å². The molecule has 2 rings (SSSR count). The molecule has 0 spiro atoms. The first-order chi connectivity index (χ1) is 12.1. The Kier molecular flexibility index (Phi) is 6.98. The molecule has 0 aliphatic carbocycles. The van der Waals surface area contributed by atoms with Crippen molar-refractivity contribution in [1.29, 1.82) is 0 Å². The Bertz CT molecular complexity index is 593. The van der Waals surface area contributed by atoms with Crippen LogP contribution in [0.25, 0.3) is 0 Å². The van der Waals surface area contributed by atoms with E-state index in [1.54, 1.807) is 12.1 Å². The lowest BCUT2D eigenvalue weighted by molar-refractivity contribution is -0.0770. The van der Waals surface area contributed by atoms with Gasteiger partial charge in [0.25, 0.3) is 11.8 Å². The maximum atomic E-state index is 12.1. The van der Waals surface area contributed by atoms with Crippen LogP contribution in [-0.4, -0.2) is 29.6 Å². The van der Waals surface area contributed by atoms with Crippen molar-refractivity contribution in [2.45, 2.75) is 52.4 Å². The van der Waals surface area contributed by atoms with Crippen molar-refractivity contribution in [3.63, 3.8) is 0 Å². The lowest BCUT2D eigenvalue weighted by Gasteiger charge is -2.17. The van der Waals surface area contributed by atoms with Crippen molar-refractivity contribution in [2.24, 2.45) is 5.92 Å². The van der Waals surface area contributed by atoms with E-state index in [-0.39, 0.29) is 23.7 Å². The van der Waals surface area contributed by atoms with Gasteiger partial charge in [-0.3, -0.25) is 14.4 Å². The Morgan fingerprint density at radius 3 is 2.20 bits per heavy atom. The molecule has 1 atom stereocenters. The normalized spacial score (nSPS) is 14.4. The van der Waals surface area contributed by atoms with Gasteiger partial charge in [-0.25, -0.2) is 4.79 Å². The van der Waals surface area contributed by atoms with Crippen LogP contribution in [0.2, 0.25) is 0 Å². The summed E-state index contributed by atoms with van der Waals surface area (Å²) in [5.41, 5.74) is 0.451. The van der Waals surface area contributed by atoms with Crippen LogP contribution in [-0.2, 0) is 9.57 Å². The number of rotatable bonds is 9. The summed E-state index contributed by atoms with van der Waals surface area (Å²) in [6.45, 7) is 4.47. The zero-order chi connectivity index (χ0) is 18.2. The van der Waals surface area contributed by atoms with Gasteiger partial charge >= 0.3 is 6.16 Å². The molecule has 0 N–H and O–H groups in total. The van der Waals surface area contributed by atoms with Gasteiger partial charge in [0.15, 0.2) is 0 Å². The van der Waals surface area contributed by atoms with E-state index in [0.29, 0.717) is 5.06 Å². The number of nitrogens with zero attached hydrogens (tertiary/aromatic N) is 1. The van der Waals surface area contributed by atoms with Crippen molar-refractivity contribution < 1.29 is 24.0 Å². The fraction of sp³-hybridized carbons (Fsp3) is 0.526. The molecule has 25 heavy (non-hydrogen) atoms. The molecule has 6 nitrogen and oxygen atoms in total. The molecule has 1 aliphatic heterocycles. The first-order valence-electron chi connectivity index (χ1n) is 8.91. The van der Waals surface area contributed by atoms with Crippen molar-refractivity contribution in [2.75, 3.05) is 6.61 Å². The van der Waals surface area contributed by atoms with Crippen LogP contribution in [0.15, 0.2) is 24.3 Å². The summed E-state index contributed by atoms with van der Waals surface area (Å²) in [5.74, 6) is -1.03. The number of unbranched alkanes of at least 4 members (excludes halogenated alkanes) is 2. The number of ether oxygens (including phenoxy) is 1. The lowest BCUT2D eigenvalue weighted by Crippen LogP contribution is -2.33. The predicted molar refractivity (Wildman–Crippen MR) is 91.9 cm³/mol. The van der Waals surface area contributed by atoms with Gasteiger partial charge in [0.2, 0.25) is 0 Å². The summed E-state index contributed by atoms with van der Waals surface area (Å²) in [4.78, 5) is 41.0. The number of imide groups is 1. The molecular formula is C19H25NO5. The monoisotopic (exact) mass is 347 g/mol. The van der Waals surface area contributed by atoms with Gasteiger partial charge in [0.1, 0.15) is 0 Å². The van der Waals surface area contributed by atoms with Gasteiger partial charge in [-0.05, 0) is 30.9 Å². The smallest absolute Gasteiger partial charge is 0.432 e. The van der Waals surface area contributed by atoms with E-state index in [1.165, 1.54) is 12.1 Å². The molecular weight excluding hydrogens is 322 g/mol. The minimum absolute atomic E-state index is 0.226. The van der Waals surface area contributed by atoms with Crippen LogP contribution in [0.4, 0.5) is 4.79 Å². The highest BCUT2D eigenvalue weighted by Crippen LogP contribution is 2.23. The molecule has 0 aromatic heterocycles. The molecule has 0 fully saturated rings. The first-order valence-corrected chi connectivity index (χ1v) is 8.91. The largest absolute Gasteiger partial charge is 0.533 e. The Hall–Kier alpha value is -2.37. The second-order valence-corrected chi connectivity index (χ2v) is 6.25. The second kappa shape index (κ2) is 9.20. The van der Waals surface area contributed by atoms with Gasteiger partial charge < -0.3 is 4.74 Å². The Morgan fingerprint density at radius 1 is 1.00 bits per heavy atom. The summed E-state index contributed by atoms with van der Waals surface area (Å²) in [6.07, 6.45) is 5.32. The molecule has 1 unspecified atom stereocenters. The number of benzene rings is 1. The number of carbonyl (C=O) groups excluding carboxylic acids is 3. The average molecular weight is 347 g/mol. The van der Waals surface area contributed by atoms with E-state index >= 15 is 0 Å². The maximum Gasteiger partial charge on any atom is 0.533 e. The van der Waals surface area contributed by atoms with E-state index < -0.39 is 18.0 Å². The average Bonchev–Trinajstić information content (AvgIpc) is 2.85. The highest BCUT2D eigenvalue weighted by atomic mass is 16.8. The van der Waals surface area contributed by atoms with Crippen molar-refractivity contribution in [3.8, 4) is 0 Å². The van der Waals surface area contributed by atoms with Crippen LogP contribution < -0.4 is 0 Å². The topological polar surface area (TPSA) is 72.9 Å². The highest BCUT2D eigenvalue weighted by molar-refractivity contribution is 6.20. The molecule has 2 amide bonds. The quantitative estimate of drug-likeness (QED) is 0.377. The van der Waals surface area contributed by atoms with Crippen molar-refractivity contribution in [1.82, 2.24) is 5.06 Å². The highest BCUT2D eigenvalue weighted by Gasteiger charge is 2.39. The minimum Gasteiger partial charge on any atom is -0.432 e. The molecule has 0 radical (unpaired) electrons. The predicted octanol–water partition coefficient (Wildman–Crippen LogP) is 4.35. The van der Waals surface area contributed by atoms with E-state index in [2.05, 4.69) is 13.8 Å². The zero-order valence-corrected chi connectivity index (χ0v) is 14.8. The number of carbonyl (C=O) groups is 3. The van der Waals surface area contributed by atoms with Crippen molar-refractivity contribution >= 4 is 18.0 Å². The third kappa shape index (κ3) is 4.81. The van der Waals surface area contributed by atoms with E-state index in [0.717, 1.165) is 38.5 Å². The number of hydrogen-bond acceptors (Lipinski definition) is 5. The zero-order valence-electron chi connectivity index (χ0n) is 14.8. The summed E-state index contributed by atoms with van der Waals surface area (Å²) in [7, 11) is 0. The Morgan fingerprint density at radius 2 is 1.64 bits per heavy atom. The number of hydrogen-bond donors (Lipinski definition) is 0. The third-order valence-corrected chi connectivity index (χ3v) is 4.27. The van der Waals surface area contributed by atoms with E-state index in [4.69, 9.17) is 9.57 Å². The summed E-state index contributed by atoms with van der Waals surface area (Å²) in [6, 6.07) is 6.35. The Labute approximate surface area is 148 Å².